The predicted molar refractivity (Wildman–Crippen MR) is 159 cm³/mol. The molecule has 2 aromatic carbocycles. The number of aromatic hydroxyl groups is 1. The molecule has 1 amide bonds. The lowest BCUT2D eigenvalue weighted by molar-refractivity contribution is 0.102. The van der Waals surface area contributed by atoms with E-state index in [2.05, 4.69) is 20.3 Å². The number of thiazole rings is 1. The van der Waals surface area contributed by atoms with E-state index in [0.29, 0.717) is 39.5 Å². The van der Waals surface area contributed by atoms with E-state index in [1.54, 1.807) is 54.3 Å². The number of ether oxygens (including phenoxy) is 2. The predicted octanol–water partition coefficient (Wildman–Crippen LogP) is 5.31. The maximum absolute atomic E-state index is 13.6. The summed E-state index contributed by atoms with van der Waals surface area (Å²) in [6.07, 6.45) is 3.02. The first-order valence-corrected chi connectivity index (χ1v) is 13.6. The Balaban J connectivity index is 1.30. The maximum atomic E-state index is 13.6. The second kappa shape index (κ2) is 10.8. The monoisotopic (exact) mass is 580 g/mol. The molecular weight excluding hydrogens is 556 g/mol. The quantitative estimate of drug-likeness (QED) is 0.260. The zero-order chi connectivity index (χ0) is 29.4. The van der Waals surface area contributed by atoms with Crippen molar-refractivity contribution in [3.05, 3.63) is 99.4 Å². The third-order valence-electron chi connectivity index (χ3n) is 6.56. The number of nitrogens with zero attached hydrogens (tertiary/aromatic N) is 5. The van der Waals surface area contributed by atoms with Gasteiger partial charge in [0.2, 0.25) is 0 Å². The van der Waals surface area contributed by atoms with Gasteiger partial charge in [-0.25, -0.2) is 14.6 Å². The van der Waals surface area contributed by atoms with Gasteiger partial charge in [-0.15, -0.1) is 11.3 Å². The fourth-order valence-electron chi connectivity index (χ4n) is 4.65. The normalized spacial score (nSPS) is 11.0. The number of hydrogen-bond donors (Lipinski definition) is 2. The number of nitrogens with one attached hydrogen (secondary N) is 1. The number of aryl methyl sites for hydroxylation is 1. The molecule has 12 heteroatoms. The Bertz CT molecular complexity index is 2000. The molecule has 6 aromatic rings. The molecule has 0 aliphatic carbocycles. The van der Waals surface area contributed by atoms with Crippen LogP contribution in [0.1, 0.15) is 15.4 Å². The molecule has 42 heavy (non-hydrogen) atoms. The van der Waals surface area contributed by atoms with E-state index in [-0.39, 0.29) is 22.9 Å². The Morgan fingerprint density at radius 1 is 1.05 bits per heavy atom. The van der Waals surface area contributed by atoms with Crippen molar-refractivity contribution in [2.24, 2.45) is 7.05 Å². The molecule has 0 saturated heterocycles. The highest BCUT2D eigenvalue weighted by molar-refractivity contribution is 7.09. The number of pyridine rings is 2. The minimum atomic E-state index is -0.612. The number of amides is 1. The average Bonchev–Trinajstić information content (AvgIpc) is 3.53. The molecule has 0 saturated carbocycles. The molecule has 0 radical (unpaired) electrons. The minimum absolute atomic E-state index is 0.0292. The molecule has 11 nitrogen and oxygen atoms in total. The van der Waals surface area contributed by atoms with Crippen LogP contribution in [0.2, 0.25) is 0 Å². The van der Waals surface area contributed by atoms with Gasteiger partial charge in [0.15, 0.2) is 11.5 Å². The third kappa shape index (κ3) is 4.84. The van der Waals surface area contributed by atoms with Crippen LogP contribution < -0.4 is 20.3 Å². The highest BCUT2D eigenvalue weighted by atomic mass is 32.1. The number of carbonyl (C=O) groups is 1. The fraction of sp³-hybridized carbons (Fsp3) is 0.100. The highest BCUT2D eigenvalue weighted by Gasteiger charge is 2.27. The molecule has 0 aliphatic rings. The second-order valence-corrected chi connectivity index (χ2v) is 10.3. The largest absolute Gasteiger partial charge is 0.504 e. The first kappa shape index (κ1) is 26.7. The van der Waals surface area contributed by atoms with Crippen LogP contribution in [0.5, 0.6) is 23.0 Å². The number of aromatic nitrogens is 5. The van der Waals surface area contributed by atoms with Gasteiger partial charge in [0, 0.05) is 30.1 Å². The van der Waals surface area contributed by atoms with Crippen LogP contribution in [0.25, 0.3) is 28.0 Å². The molecule has 0 atom stereocenters. The van der Waals surface area contributed by atoms with E-state index in [1.807, 2.05) is 30.5 Å². The molecule has 0 bridgehead atoms. The van der Waals surface area contributed by atoms with Crippen molar-refractivity contribution in [1.29, 1.82) is 0 Å². The summed E-state index contributed by atoms with van der Waals surface area (Å²) in [6, 6.07) is 17.1. The number of benzene rings is 2. The lowest BCUT2D eigenvalue weighted by atomic mass is 10.2. The van der Waals surface area contributed by atoms with Gasteiger partial charge in [-0.2, -0.15) is 0 Å². The van der Waals surface area contributed by atoms with Crippen molar-refractivity contribution in [3.8, 4) is 40.1 Å². The van der Waals surface area contributed by atoms with Crippen molar-refractivity contribution in [2.45, 2.75) is 6.92 Å². The topological polar surface area (TPSA) is 133 Å². The molecule has 4 aromatic heterocycles. The summed E-state index contributed by atoms with van der Waals surface area (Å²) in [5.74, 6) is 0.755. The summed E-state index contributed by atoms with van der Waals surface area (Å²) in [7, 11) is 3.18. The van der Waals surface area contributed by atoms with Crippen LogP contribution in [0.4, 0.5) is 5.82 Å². The molecule has 0 aliphatic heterocycles. The number of carbonyl (C=O) groups excluding carboxylic acids is 1. The van der Waals surface area contributed by atoms with Gasteiger partial charge < -0.3 is 19.9 Å². The zero-order valence-electron chi connectivity index (χ0n) is 22.7. The number of phenols is 1. The van der Waals surface area contributed by atoms with Crippen molar-refractivity contribution in [2.75, 3.05) is 12.4 Å². The minimum Gasteiger partial charge on any atom is -0.504 e. The number of fused-ring (bicyclic) bond motifs is 1. The van der Waals surface area contributed by atoms with E-state index in [4.69, 9.17) is 9.47 Å². The standard InChI is InChI=1S/C30H24N6O5S/c1-17-33-22(16-42-17)28-27(30(39)36(35(28)2)18-7-5-4-6-8-18)29(38)34-26-10-9-19(15-32-26)41-24-11-12-31-21-14-23(37)25(40-3)13-20(21)24/h4-16,37H,1-3H3,(H,32,34,38). The Hall–Kier alpha value is -5.49. The molecule has 210 valence electrons. The molecule has 2 N–H and O–H groups in total. The van der Waals surface area contributed by atoms with Crippen molar-refractivity contribution in [1.82, 2.24) is 24.3 Å². The molecule has 0 fully saturated rings. The number of methoxy groups -OCH3 is 1. The summed E-state index contributed by atoms with van der Waals surface area (Å²) < 4.78 is 14.3. The van der Waals surface area contributed by atoms with E-state index < -0.39 is 11.5 Å². The Kier molecular flexibility index (Phi) is 6.88. The molecular formula is C30H24N6O5S. The lowest BCUT2D eigenvalue weighted by Crippen LogP contribution is -2.25. The van der Waals surface area contributed by atoms with Gasteiger partial charge in [-0.05, 0) is 43.3 Å². The van der Waals surface area contributed by atoms with Crippen molar-refractivity contribution < 1.29 is 19.4 Å². The number of phenolic OH excluding ortho intramolecular Hbond substituents is 1. The summed E-state index contributed by atoms with van der Waals surface area (Å²) in [5, 5.41) is 16.1. The number of para-hydroxylation sites is 1. The molecule has 0 unspecified atom stereocenters. The second-order valence-electron chi connectivity index (χ2n) is 9.24. The van der Waals surface area contributed by atoms with Gasteiger partial charge in [-0.3, -0.25) is 19.3 Å². The van der Waals surface area contributed by atoms with Gasteiger partial charge in [0.1, 0.15) is 34.3 Å². The van der Waals surface area contributed by atoms with Crippen molar-refractivity contribution in [3.63, 3.8) is 0 Å². The molecule has 6 rings (SSSR count). The van der Waals surface area contributed by atoms with Crippen LogP contribution in [-0.2, 0) is 7.05 Å². The lowest BCUT2D eigenvalue weighted by Gasteiger charge is -2.11. The SMILES string of the molecule is COc1cc2c(Oc3ccc(NC(=O)c4c(-c5csc(C)n5)n(C)n(-c5ccccc5)c4=O)nc3)ccnc2cc1O. The highest BCUT2D eigenvalue weighted by Crippen LogP contribution is 2.36. The van der Waals surface area contributed by atoms with Crippen LogP contribution in [0.15, 0.2) is 83.2 Å². The van der Waals surface area contributed by atoms with E-state index in [9.17, 15) is 14.7 Å². The molecule has 0 spiro atoms. The summed E-state index contributed by atoms with van der Waals surface area (Å²) in [4.78, 5) is 40.3. The first-order valence-electron chi connectivity index (χ1n) is 12.7. The van der Waals surface area contributed by atoms with Crippen LogP contribution in [0, 0.1) is 6.92 Å². The van der Waals surface area contributed by atoms with Gasteiger partial charge in [0.05, 0.1) is 29.5 Å². The molecule has 4 heterocycles. The van der Waals surface area contributed by atoms with Crippen LogP contribution >= 0.6 is 11.3 Å². The first-order chi connectivity index (χ1) is 20.3. The van der Waals surface area contributed by atoms with Gasteiger partial charge in [-0.1, -0.05) is 18.2 Å². The summed E-state index contributed by atoms with van der Waals surface area (Å²) in [6.45, 7) is 1.86. The van der Waals surface area contributed by atoms with Gasteiger partial charge >= 0.3 is 0 Å². The Labute approximate surface area is 243 Å². The smallest absolute Gasteiger partial charge is 0.285 e. The number of rotatable bonds is 7. The maximum Gasteiger partial charge on any atom is 0.285 e. The average molecular weight is 581 g/mol. The Morgan fingerprint density at radius 2 is 1.86 bits per heavy atom. The number of anilines is 1. The van der Waals surface area contributed by atoms with E-state index >= 15 is 0 Å². The fourth-order valence-corrected chi connectivity index (χ4v) is 5.24. The van der Waals surface area contributed by atoms with Crippen LogP contribution in [0.3, 0.4) is 0 Å². The van der Waals surface area contributed by atoms with Crippen molar-refractivity contribution >= 4 is 34.0 Å². The van der Waals surface area contributed by atoms with Crippen LogP contribution in [-0.4, -0.2) is 42.4 Å². The summed E-state index contributed by atoms with van der Waals surface area (Å²) in [5.41, 5.74) is 1.55. The van der Waals surface area contributed by atoms with Gasteiger partial charge in [0.25, 0.3) is 11.5 Å². The van der Waals surface area contributed by atoms with E-state index in [1.165, 1.54) is 35.4 Å². The number of hydrogen-bond acceptors (Lipinski definition) is 9. The summed E-state index contributed by atoms with van der Waals surface area (Å²) >= 11 is 1.43. The Morgan fingerprint density at radius 3 is 2.55 bits per heavy atom. The zero-order valence-corrected chi connectivity index (χ0v) is 23.5. The third-order valence-corrected chi connectivity index (χ3v) is 7.34. The van der Waals surface area contributed by atoms with E-state index in [0.717, 1.165) is 5.01 Å².